The second-order valence-electron chi connectivity index (χ2n) is 2.14. The molecule has 0 bridgehead atoms. The van der Waals surface area contributed by atoms with Gasteiger partial charge >= 0.3 is 5.56 Å². The molecule has 0 saturated carbocycles. The summed E-state index contributed by atoms with van der Waals surface area (Å²) in [6.45, 7) is 0. The molecule has 0 aliphatic rings. The molecule has 0 saturated heterocycles. The Morgan fingerprint density at radius 1 is 1.42 bits per heavy atom. The van der Waals surface area contributed by atoms with E-state index in [2.05, 4.69) is 15.3 Å². The number of pyridine rings is 1. The molecule has 0 amide bonds. The van der Waals surface area contributed by atoms with E-state index in [0.717, 1.165) is 0 Å². The van der Waals surface area contributed by atoms with Gasteiger partial charge in [-0.3, -0.25) is 4.79 Å². The third-order valence-electron chi connectivity index (χ3n) is 1.40. The minimum Gasteiger partial charge on any atom is -0.261 e. The Morgan fingerprint density at radius 3 is 3.08 bits per heavy atom. The van der Waals surface area contributed by atoms with Crippen LogP contribution in [0.5, 0.6) is 0 Å². The van der Waals surface area contributed by atoms with E-state index in [1.54, 1.807) is 12.1 Å². The molecule has 59 valence electrons. The molecule has 2 aromatic rings. The van der Waals surface area contributed by atoms with E-state index in [9.17, 15) is 10.0 Å². The number of hydrogen-bond acceptors (Lipinski definition) is 4. The van der Waals surface area contributed by atoms with Crippen LogP contribution in [0, 0.1) is 0 Å². The fraction of sp³-hybridized carbons (Fsp3) is 0. The molecular formula is C6H3N4O2. The Kier molecular flexibility index (Phi) is 1.26. The summed E-state index contributed by atoms with van der Waals surface area (Å²) in [7, 11) is 0. The topological polar surface area (TPSA) is 80.6 Å². The Morgan fingerprint density at radius 2 is 2.25 bits per heavy atom. The van der Waals surface area contributed by atoms with E-state index in [-0.39, 0.29) is 10.4 Å². The maximum absolute atomic E-state index is 11.0. The summed E-state index contributed by atoms with van der Waals surface area (Å²) in [5.41, 5.74) is -0.405. The normalized spacial score (nSPS) is 10.3. The van der Waals surface area contributed by atoms with E-state index in [1.807, 2.05) is 0 Å². The number of fused-ring (bicyclic) bond motifs is 1. The summed E-state index contributed by atoms with van der Waals surface area (Å²) >= 11 is 0. The van der Waals surface area contributed by atoms with Crippen molar-refractivity contribution in [1.29, 1.82) is 0 Å². The highest BCUT2D eigenvalue weighted by molar-refractivity contribution is 5.71. The Hall–Kier alpha value is -1.98. The standard InChI is InChI=1S/C6H3N4O2/c11-6-5-4(2-1-3-7-5)8-9-10(6)12/h1-3H. The second kappa shape index (κ2) is 2.26. The highest BCUT2D eigenvalue weighted by atomic mass is 16.5. The number of hydrogen-bond donors (Lipinski definition) is 0. The third kappa shape index (κ3) is 0.815. The van der Waals surface area contributed by atoms with Gasteiger partial charge in [-0.2, -0.15) is 0 Å². The average molecular weight is 163 g/mol. The summed E-state index contributed by atoms with van der Waals surface area (Å²) in [6.07, 6.45) is 1.42. The minimum absolute atomic E-state index is 0.0440. The Balaban J connectivity index is 3.01. The van der Waals surface area contributed by atoms with Crippen molar-refractivity contribution >= 4 is 11.0 Å². The third-order valence-corrected chi connectivity index (χ3v) is 1.40. The van der Waals surface area contributed by atoms with Gasteiger partial charge in [-0.15, -0.1) is 10.3 Å². The molecule has 6 heteroatoms. The smallest absolute Gasteiger partial charge is 0.261 e. The maximum atomic E-state index is 11.0. The lowest BCUT2D eigenvalue weighted by molar-refractivity contribution is 0.0419. The zero-order chi connectivity index (χ0) is 8.55. The fourth-order valence-electron chi connectivity index (χ4n) is 0.862. The molecule has 0 aliphatic heterocycles. The first-order valence-corrected chi connectivity index (χ1v) is 3.17. The number of aromatic nitrogens is 4. The van der Waals surface area contributed by atoms with Gasteiger partial charge in [0.15, 0.2) is 5.52 Å². The molecule has 0 spiro atoms. The highest BCUT2D eigenvalue weighted by Gasteiger charge is 2.04. The van der Waals surface area contributed by atoms with Crippen LogP contribution < -0.4 is 5.56 Å². The first-order chi connectivity index (χ1) is 5.79. The molecule has 0 fully saturated rings. The van der Waals surface area contributed by atoms with Crippen LogP contribution in [0.15, 0.2) is 23.1 Å². The lowest BCUT2D eigenvalue weighted by atomic mass is 10.4. The van der Waals surface area contributed by atoms with Gasteiger partial charge in [0.25, 0.3) is 0 Å². The quantitative estimate of drug-likeness (QED) is 0.518. The van der Waals surface area contributed by atoms with E-state index in [0.29, 0.717) is 5.52 Å². The monoisotopic (exact) mass is 163 g/mol. The highest BCUT2D eigenvalue weighted by Crippen LogP contribution is 1.98. The summed E-state index contributed by atoms with van der Waals surface area (Å²) in [6, 6.07) is 3.18. The Bertz CT molecular complexity index is 478. The summed E-state index contributed by atoms with van der Waals surface area (Å²) < 4.78 is 0. The molecule has 12 heavy (non-hydrogen) atoms. The van der Waals surface area contributed by atoms with Crippen molar-refractivity contribution in [3.8, 4) is 0 Å². The molecule has 2 rings (SSSR count). The predicted octanol–water partition coefficient (Wildman–Crippen LogP) is -0.620. The van der Waals surface area contributed by atoms with Gasteiger partial charge in [0.1, 0.15) is 5.52 Å². The van der Waals surface area contributed by atoms with Crippen molar-refractivity contribution in [2.75, 3.05) is 0 Å². The summed E-state index contributed by atoms with van der Waals surface area (Å²) in [5, 5.41) is 17.2. The van der Waals surface area contributed by atoms with Crippen LogP contribution in [-0.4, -0.2) is 20.1 Å². The van der Waals surface area contributed by atoms with Gasteiger partial charge in [-0.25, -0.2) is 4.98 Å². The average Bonchev–Trinajstić information content (AvgIpc) is 2.12. The fourth-order valence-corrected chi connectivity index (χ4v) is 0.862. The zero-order valence-electron chi connectivity index (χ0n) is 5.84. The van der Waals surface area contributed by atoms with Crippen molar-refractivity contribution in [1.82, 2.24) is 20.1 Å². The van der Waals surface area contributed by atoms with Crippen LogP contribution in [0.4, 0.5) is 0 Å². The van der Waals surface area contributed by atoms with Crippen LogP contribution in [0.2, 0.25) is 0 Å². The summed E-state index contributed by atoms with van der Waals surface area (Å²) in [4.78, 5) is 14.6. The van der Waals surface area contributed by atoms with Crippen molar-refractivity contribution < 1.29 is 5.21 Å². The lowest BCUT2D eigenvalue weighted by Gasteiger charge is -1.91. The van der Waals surface area contributed by atoms with E-state index >= 15 is 0 Å². The SMILES string of the molecule is [O]n1nnc2cccnc2c1=O. The molecule has 0 unspecified atom stereocenters. The Labute approximate surface area is 66.0 Å². The van der Waals surface area contributed by atoms with Gasteiger partial charge in [0.2, 0.25) is 0 Å². The van der Waals surface area contributed by atoms with Gasteiger partial charge in [-0.1, -0.05) is 0 Å². The molecule has 6 nitrogen and oxygen atoms in total. The number of rotatable bonds is 0. The van der Waals surface area contributed by atoms with Gasteiger partial charge in [-0.05, 0) is 17.3 Å². The van der Waals surface area contributed by atoms with Crippen LogP contribution >= 0.6 is 0 Å². The molecule has 2 aromatic heterocycles. The lowest BCUT2D eigenvalue weighted by Crippen LogP contribution is -2.21. The first kappa shape index (κ1) is 6.71. The molecule has 0 aromatic carbocycles. The van der Waals surface area contributed by atoms with Crippen LogP contribution in [0.1, 0.15) is 0 Å². The van der Waals surface area contributed by atoms with Crippen molar-refractivity contribution in [3.63, 3.8) is 0 Å². The van der Waals surface area contributed by atoms with Gasteiger partial charge in [0.05, 0.1) is 0 Å². The predicted molar refractivity (Wildman–Crippen MR) is 37.7 cm³/mol. The molecule has 1 radical (unpaired) electrons. The maximum Gasteiger partial charge on any atom is 0.337 e. The number of nitrogens with zero attached hydrogens (tertiary/aromatic N) is 4. The van der Waals surface area contributed by atoms with E-state index in [1.165, 1.54) is 6.20 Å². The zero-order valence-corrected chi connectivity index (χ0v) is 5.84. The first-order valence-electron chi connectivity index (χ1n) is 3.17. The molecule has 0 atom stereocenters. The van der Waals surface area contributed by atoms with Crippen LogP contribution in [-0.2, 0) is 5.21 Å². The van der Waals surface area contributed by atoms with Crippen molar-refractivity contribution in [3.05, 3.63) is 28.7 Å². The molecule has 0 aliphatic carbocycles. The van der Waals surface area contributed by atoms with Gasteiger partial charge in [0, 0.05) is 11.0 Å². The molecule has 0 N–H and O–H groups in total. The summed E-state index contributed by atoms with van der Waals surface area (Å²) in [5.74, 6) is 0. The van der Waals surface area contributed by atoms with Crippen molar-refractivity contribution in [2.24, 2.45) is 0 Å². The molecule has 2 heterocycles. The van der Waals surface area contributed by atoms with E-state index < -0.39 is 5.56 Å². The van der Waals surface area contributed by atoms with Crippen molar-refractivity contribution in [2.45, 2.75) is 0 Å². The van der Waals surface area contributed by atoms with E-state index in [4.69, 9.17) is 0 Å². The van der Waals surface area contributed by atoms with Crippen LogP contribution in [0.3, 0.4) is 0 Å². The van der Waals surface area contributed by atoms with Crippen LogP contribution in [0.25, 0.3) is 11.0 Å². The largest absolute Gasteiger partial charge is 0.337 e. The molecular weight excluding hydrogens is 160 g/mol. The van der Waals surface area contributed by atoms with Gasteiger partial charge < -0.3 is 0 Å². The minimum atomic E-state index is -0.777. The second-order valence-corrected chi connectivity index (χ2v) is 2.14.